The maximum Gasteiger partial charge on any atom is 0.343 e. The molecule has 1 atom stereocenters. The molecule has 30 heavy (non-hydrogen) atoms. The summed E-state index contributed by atoms with van der Waals surface area (Å²) in [5, 5.41) is 8.55. The number of hydrogen-bond acceptors (Lipinski definition) is 5. The first kappa shape index (κ1) is 21.3. The van der Waals surface area contributed by atoms with Gasteiger partial charge in [0.25, 0.3) is 0 Å². The lowest BCUT2D eigenvalue weighted by Gasteiger charge is -2.23. The van der Waals surface area contributed by atoms with Crippen LogP contribution in [0.15, 0.2) is 41.3 Å². The van der Waals surface area contributed by atoms with Crippen molar-refractivity contribution in [2.45, 2.75) is 13.0 Å². The average Bonchev–Trinajstić information content (AvgIpc) is 2.75. The average molecular weight is 424 g/mol. The van der Waals surface area contributed by atoms with Crippen molar-refractivity contribution in [3.8, 4) is 0 Å². The van der Waals surface area contributed by atoms with E-state index in [-0.39, 0.29) is 6.61 Å². The smallest absolute Gasteiger partial charge is 0.343 e. The zero-order valence-corrected chi connectivity index (χ0v) is 15.6. The molecule has 6 nitrogen and oxygen atoms in total. The summed E-state index contributed by atoms with van der Waals surface area (Å²) < 4.78 is 62.1. The third kappa shape index (κ3) is 3.61. The number of pyridine rings is 1. The predicted octanol–water partition coefficient (Wildman–Crippen LogP) is 3.01. The Morgan fingerprint density at radius 1 is 1.10 bits per heavy atom. The quantitative estimate of drug-likeness (QED) is 0.275. The molecule has 0 amide bonds. The molecule has 0 saturated heterocycles. The molecule has 2 aromatic carbocycles. The number of rotatable bonds is 6. The van der Waals surface area contributed by atoms with Crippen molar-refractivity contribution in [1.82, 2.24) is 4.68 Å². The molecule has 3 rings (SSSR count). The van der Waals surface area contributed by atoms with Crippen LogP contribution in [0.5, 0.6) is 0 Å². The maximum absolute atomic E-state index is 14.6. The third-order valence-electron chi connectivity index (χ3n) is 4.39. The molecule has 0 saturated carbocycles. The summed E-state index contributed by atoms with van der Waals surface area (Å²) >= 11 is 0. The first-order valence-corrected chi connectivity index (χ1v) is 8.82. The lowest BCUT2D eigenvalue weighted by Crippen LogP contribution is -2.30. The van der Waals surface area contributed by atoms with Crippen molar-refractivity contribution in [3.05, 3.63) is 81.1 Å². The van der Waals surface area contributed by atoms with E-state index in [1.807, 2.05) is 0 Å². The van der Waals surface area contributed by atoms with Gasteiger partial charge in [-0.25, -0.2) is 22.4 Å². The number of carbonyl (C=O) groups is 1. The fraction of sp³-hybridized carbons (Fsp3) is 0.200. The Morgan fingerprint density at radius 2 is 1.73 bits per heavy atom. The van der Waals surface area contributed by atoms with Crippen LogP contribution >= 0.6 is 0 Å². The molecule has 0 spiro atoms. The molecular formula is C20H16F4N2O4. The van der Waals surface area contributed by atoms with Crippen molar-refractivity contribution in [2.75, 3.05) is 18.6 Å². The van der Waals surface area contributed by atoms with Crippen LogP contribution in [0.25, 0.3) is 10.9 Å². The van der Waals surface area contributed by atoms with E-state index in [0.29, 0.717) is 10.2 Å². The molecule has 0 radical (unpaired) electrons. The second-order valence-corrected chi connectivity index (χ2v) is 6.22. The third-order valence-corrected chi connectivity index (χ3v) is 4.39. The van der Waals surface area contributed by atoms with Gasteiger partial charge in [-0.15, -0.1) is 0 Å². The van der Waals surface area contributed by atoms with Gasteiger partial charge in [0.05, 0.1) is 24.6 Å². The minimum Gasteiger partial charge on any atom is -0.462 e. The van der Waals surface area contributed by atoms with Crippen LogP contribution in [0.4, 0.5) is 17.6 Å². The fourth-order valence-corrected chi connectivity index (χ4v) is 2.97. The van der Waals surface area contributed by atoms with E-state index in [2.05, 4.69) is 5.43 Å². The minimum absolute atomic E-state index is 0.123. The number of esters is 1. The van der Waals surface area contributed by atoms with Crippen LogP contribution in [0.2, 0.25) is 0 Å². The Morgan fingerprint density at radius 3 is 2.33 bits per heavy atom. The topological polar surface area (TPSA) is 80.6 Å². The molecule has 3 aromatic rings. The van der Waals surface area contributed by atoms with E-state index in [1.54, 1.807) is 30.3 Å². The van der Waals surface area contributed by atoms with Crippen LogP contribution in [0, 0.1) is 23.3 Å². The van der Waals surface area contributed by atoms with Crippen molar-refractivity contribution < 1.29 is 32.2 Å². The number of halogens is 4. The molecule has 0 unspecified atom stereocenters. The number of carbonyl (C=O) groups excluding carboxylic acids is 1. The Balaban J connectivity index is 2.32. The number of benzene rings is 2. The molecule has 158 valence electrons. The van der Waals surface area contributed by atoms with Crippen molar-refractivity contribution in [3.63, 3.8) is 0 Å². The van der Waals surface area contributed by atoms with Gasteiger partial charge in [-0.3, -0.25) is 9.47 Å². The Kier molecular flexibility index (Phi) is 6.06. The molecule has 1 aromatic heterocycles. The standard InChI is InChI=1S/C20H16F4N2O4/c1-2-30-20(29)11-8-26(25-12(9-27)10-6-4-3-5-7-10)18-13(19(11)28)14(21)15(22)16(23)17(18)24/h3-8,12,25,27H,2,9H2,1H3/t12-/m0/s1. The summed E-state index contributed by atoms with van der Waals surface area (Å²) in [5.74, 6) is -9.26. The molecule has 0 aliphatic heterocycles. The molecule has 0 aliphatic rings. The fourth-order valence-electron chi connectivity index (χ4n) is 2.97. The second kappa shape index (κ2) is 8.54. The number of hydrogen-bond donors (Lipinski definition) is 2. The van der Waals surface area contributed by atoms with Gasteiger partial charge >= 0.3 is 5.97 Å². The highest BCUT2D eigenvalue weighted by Gasteiger charge is 2.28. The number of ether oxygens (including phenoxy) is 1. The van der Waals surface area contributed by atoms with E-state index < -0.39 is 63.8 Å². The zero-order chi connectivity index (χ0) is 22.0. The number of fused-ring (bicyclic) bond motifs is 1. The van der Waals surface area contributed by atoms with Crippen molar-refractivity contribution >= 4 is 16.9 Å². The van der Waals surface area contributed by atoms with E-state index in [4.69, 9.17) is 4.74 Å². The van der Waals surface area contributed by atoms with Crippen LogP contribution in [0.3, 0.4) is 0 Å². The summed E-state index contributed by atoms with van der Waals surface area (Å²) in [5.41, 5.74) is 0.0450. The van der Waals surface area contributed by atoms with Crippen LogP contribution in [-0.4, -0.2) is 29.0 Å². The van der Waals surface area contributed by atoms with E-state index in [1.165, 1.54) is 6.92 Å². The molecule has 0 aliphatic carbocycles. The second-order valence-electron chi connectivity index (χ2n) is 6.22. The first-order chi connectivity index (χ1) is 14.3. The predicted molar refractivity (Wildman–Crippen MR) is 99.6 cm³/mol. The number of aliphatic hydroxyl groups is 1. The largest absolute Gasteiger partial charge is 0.462 e. The lowest BCUT2D eigenvalue weighted by atomic mass is 10.1. The van der Waals surface area contributed by atoms with E-state index in [0.717, 1.165) is 6.20 Å². The minimum atomic E-state index is -2.19. The van der Waals surface area contributed by atoms with Crippen LogP contribution in [0.1, 0.15) is 28.9 Å². The van der Waals surface area contributed by atoms with E-state index >= 15 is 0 Å². The SMILES string of the molecule is CCOC(=O)c1cn(N[C@@H](CO)c2ccccc2)c2c(F)c(F)c(F)c(F)c2c1=O. The van der Waals surface area contributed by atoms with Crippen LogP contribution < -0.4 is 10.9 Å². The first-order valence-electron chi connectivity index (χ1n) is 8.82. The molecule has 0 bridgehead atoms. The Bertz CT molecular complexity index is 1170. The Labute approximate surface area is 167 Å². The van der Waals surface area contributed by atoms with E-state index in [9.17, 15) is 32.3 Å². The number of nitrogens with zero attached hydrogens (tertiary/aromatic N) is 1. The molecular weight excluding hydrogens is 408 g/mol. The summed E-state index contributed by atoms with van der Waals surface area (Å²) in [6, 6.07) is 7.32. The number of aliphatic hydroxyl groups excluding tert-OH is 1. The highest BCUT2D eigenvalue weighted by Crippen LogP contribution is 2.26. The number of nitrogens with one attached hydrogen (secondary N) is 1. The van der Waals surface area contributed by atoms with Gasteiger partial charge in [0.2, 0.25) is 5.43 Å². The highest BCUT2D eigenvalue weighted by molar-refractivity contribution is 5.94. The van der Waals surface area contributed by atoms with Gasteiger partial charge in [0.15, 0.2) is 23.3 Å². The van der Waals surface area contributed by atoms with Gasteiger partial charge in [-0.1, -0.05) is 30.3 Å². The van der Waals surface area contributed by atoms with Gasteiger partial charge in [0.1, 0.15) is 11.1 Å². The molecule has 10 heteroatoms. The molecule has 2 N–H and O–H groups in total. The van der Waals surface area contributed by atoms with Crippen molar-refractivity contribution in [1.29, 1.82) is 0 Å². The zero-order valence-electron chi connectivity index (χ0n) is 15.6. The van der Waals surface area contributed by atoms with Gasteiger partial charge in [-0.05, 0) is 12.5 Å². The Hall–Kier alpha value is -3.40. The normalized spacial score (nSPS) is 12.1. The van der Waals surface area contributed by atoms with Gasteiger partial charge < -0.3 is 15.3 Å². The van der Waals surface area contributed by atoms with Gasteiger partial charge in [-0.2, -0.15) is 0 Å². The summed E-state index contributed by atoms with van der Waals surface area (Å²) in [4.78, 5) is 24.7. The maximum atomic E-state index is 14.6. The monoisotopic (exact) mass is 424 g/mol. The van der Waals surface area contributed by atoms with Crippen molar-refractivity contribution in [2.24, 2.45) is 0 Å². The summed E-state index contributed by atoms with van der Waals surface area (Å²) in [6.45, 7) is 0.796. The van der Waals surface area contributed by atoms with Crippen LogP contribution in [-0.2, 0) is 4.74 Å². The molecule has 0 fully saturated rings. The van der Waals surface area contributed by atoms with Gasteiger partial charge in [0, 0.05) is 6.20 Å². The number of aromatic nitrogens is 1. The summed E-state index contributed by atoms with van der Waals surface area (Å²) in [7, 11) is 0. The lowest BCUT2D eigenvalue weighted by molar-refractivity contribution is 0.0524. The summed E-state index contributed by atoms with van der Waals surface area (Å²) in [6.07, 6.45) is 0.786. The molecule has 1 heterocycles. The highest BCUT2D eigenvalue weighted by atomic mass is 19.2.